The summed E-state index contributed by atoms with van der Waals surface area (Å²) >= 11 is 0. The minimum absolute atomic E-state index is 0.0752. The van der Waals surface area contributed by atoms with Crippen LogP contribution in [0.3, 0.4) is 0 Å². The summed E-state index contributed by atoms with van der Waals surface area (Å²) in [4.78, 5) is 10.5. The van der Waals surface area contributed by atoms with E-state index in [-0.39, 0.29) is 6.42 Å². The third kappa shape index (κ3) is 3.45. The summed E-state index contributed by atoms with van der Waals surface area (Å²) in [5, 5.41) is 10.5. The first kappa shape index (κ1) is 12.4. The molecule has 2 aromatic rings. The van der Waals surface area contributed by atoms with Crippen LogP contribution in [0.2, 0.25) is 0 Å². The van der Waals surface area contributed by atoms with E-state index in [0.717, 1.165) is 12.0 Å². The Morgan fingerprint density at radius 2 is 1.44 bits per heavy atom. The molecule has 2 aromatic carbocycles. The molecule has 0 spiro atoms. The molecule has 0 heterocycles. The Morgan fingerprint density at radius 3 is 2.11 bits per heavy atom. The van der Waals surface area contributed by atoms with Crippen molar-refractivity contribution in [3.05, 3.63) is 71.3 Å². The van der Waals surface area contributed by atoms with Crippen LogP contribution in [0.25, 0.3) is 0 Å². The Morgan fingerprint density at radius 1 is 0.833 bits per heavy atom. The summed E-state index contributed by atoms with van der Waals surface area (Å²) in [6.45, 7) is 0. The number of hydrogen-bond donors (Lipinski definition) is 0. The number of rotatable bonds is 5. The van der Waals surface area contributed by atoms with Crippen molar-refractivity contribution in [2.75, 3.05) is 0 Å². The minimum atomic E-state index is -0.996. The molecule has 2 nitrogen and oxygen atoms in total. The smallest absolute Gasteiger partial charge is 0.247 e. The fourth-order valence-corrected chi connectivity index (χ4v) is 2.03. The molecule has 0 aliphatic carbocycles. The van der Waals surface area contributed by atoms with Gasteiger partial charge in [0.25, 0.3) is 0 Å². The van der Waals surface area contributed by atoms with Crippen LogP contribution in [0.4, 0.5) is 0 Å². The Balaban J connectivity index is 2.14. The summed E-state index contributed by atoms with van der Waals surface area (Å²) in [6, 6.07) is 18.1. The zero-order chi connectivity index (χ0) is 12.8. The number of carbonyl (C=O) groups is 1. The number of aryl methyl sites for hydroxylation is 1. The van der Waals surface area contributed by atoms with Crippen LogP contribution >= 0.6 is 0 Å². The highest BCUT2D eigenvalue weighted by Gasteiger charge is 2.06. The Hall–Kier alpha value is -2.09. The maximum Gasteiger partial charge on any atom is 0.355 e. The van der Waals surface area contributed by atoms with Crippen molar-refractivity contribution < 1.29 is 9.90 Å². The molecule has 0 atom stereocenters. The molecule has 2 heteroatoms. The molecular formula is C16H15O2. The van der Waals surface area contributed by atoms with Crippen molar-refractivity contribution in [2.45, 2.75) is 19.3 Å². The van der Waals surface area contributed by atoms with Crippen LogP contribution in [0.5, 0.6) is 0 Å². The zero-order valence-corrected chi connectivity index (χ0v) is 10.1. The van der Waals surface area contributed by atoms with Crippen LogP contribution in [0.1, 0.15) is 23.1 Å². The molecule has 0 fully saturated rings. The van der Waals surface area contributed by atoms with E-state index in [1.807, 2.05) is 36.4 Å². The van der Waals surface area contributed by atoms with Crippen molar-refractivity contribution >= 4 is 5.97 Å². The number of benzene rings is 2. The quantitative estimate of drug-likeness (QED) is 0.789. The Kier molecular flexibility index (Phi) is 4.13. The van der Waals surface area contributed by atoms with Crippen molar-refractivity contribution in [1.82, 2.24) is 0 Å². The van der Waals surface area contributed by atoms with Gasteiger partial charge in [-0.3, -0.25) is 0 Å². The highest BCUT2D eigenvalue weighted by Crippen LogP contribution is 2.16. The lowest BCUT2D eigenvalue weighted by molar-refractivity contribution is -0.143. The fourth-order valence-electron chi connectivity index (χ4n) is 2.03. The lowest BCUT2D eigenvalue weighted by Gasteiger charge is -2.08. The van der Waals surface area contributed by atoms with Gasteiger partial charge in [0.1, 0.15) is 0 Å². The molecule has 0 N–H and O–H groups in total. The maximum atomic E-state index is 10.5. The molecule has 18 heavy (non-hydrogen) atoms. The van der Waals surface area contributed by atoms with Crippen molar-refractivity contribution in [3.63, 3.8) is 0 Å². The topological polar surface area (TPSA) is 37.0 Å². The summed E-state index contributed by atoms with van der Waals surface area (Å²) in [5.41, 5.74) is 3.51. The van der Waals surface area contributed by atoms with Gasteiger partial charge in [0.2, 0.25) is 0 Å². The van der Waals surface area contributed by atoms with E-state index >= 15 is 0 Å². The minimum Gasteiger partial charge on any atom is -0.247 e. The highest BCUT2D eigenvalue weighted by molar-refractivity contribution is 5.66. The van der Waals surface area contributed by atoms with E-state index in [1.165, 1.54) is 11.1 Å². The van der Waals surface area contributed by atoms with E-state index in [4.69, 9.17) is 0 Å². The van der Waals surface area contributed by atoms with Gasteiger partial charge in [-0.25, -0.2) is 9.90 Å². The molecule has 0 aliphatic rings. The van der Waals surface area contributed by atoms with Gasteiger partial charge in [0, 0.05) is 0 Å². The molecule has 0 saturated carbocycles. The Labute approximate surface area is 107 Å². The number of hydrogen-bond acceptors (Lipinski definition) is 1. The van der Waals surface area contributed by atoms with Gasteiger partial charge in [-0.15, -0.1) is 0 Å². The summed E-state index contributed by atoms with van der Waals surface area (Å²) in [6.07, 6.45) is 1.45. The molecule has 91 valence electrons. The van der Waals surface area contributed by atoms with Crippen molar-refractivity contribution in [1.29, 1.82) is 0 Å². The SMILES string of the molecule is [O]C(=O)CCc1ccccc1Cc1ccccc1. The zero-order valence-electron chi connectivity index (χ0n) is 10.1. The van der Waals surface area contributed by atoms with Crippen molar-refractivity contribution in [3.8, 4) is 0 Å². The monoisotopic (exact) mass is 239 g/mol. The second kappa shape index (κ2) is 6.01. The van der Waals surface area contributed by atoms with Crippen LogP contribution < -0.4 is 0 Å². The van der Waals surface area contributed by atoms with Gasteiger partial charge in [-0.05, 0) is 29.5 Å². The largest absolute Gasteiger partial charge is 0.355 e. The van der Waals surface area contributed by atoms with E-state index in [1.54, 1.807) is 0 Å². The van der Waals surface area contributed by atoms with Gasteiger partial charge < -0.3 is 0 Å². The molecule has 0 aromatic heterocycles. The van der Waals surface area contributed by atoms with Gasteiger partial charge in [-0.1, -0.05) is 54.6 Å². The molecule has 0 saturated heterocycles. The van der Waals surface area contributed by atoms with E-state index in [2.05, 4.69) is 18.2 Å². The molecule has 0 amide bonds. The summed E-state index contributed by atoms with van der Waals surface area (Å²) < 4.78 is 0. The predicted octanol–water partition coefficient (Wildman–Crippen LogP) is 3.17. The molecule has 0 aliphatic heterocycles. The van der Waals surface area contributed by atoms with Gasteiger partial charge in [0.15, 0.2) is 0 Å². The molecule has 2 rings (SSSR count). The van der Waals surface area contributed by atoms with E-state index in [9.17, 15) is 9.90 Å². The van der Waals surface area contributed by atoms with Crippen LogP contribution in [-0.2, 0) is 22.7 Å². The van der Waals surface area contributed by atoms with Gasteiger partial charge in [-0.2, -0.15) is 0 Å². The summed E-state index contributed by atoms with van der Waals surface area (Å²) in [7, 11) is 0. The number of carbonyl (C=O) groups excluding carboxylic acids is 1. The van der Waals surface area contributed by atoms with Gasteiger partial charge in [0.05, 0.1) is 6.42 Å². The standard InChI is InChI=1S/C16H15O2/c17-16(18)11-10-14-8-4-5-9-15(14)12-13-6-2-1-3-7-13/h1-9H,10-12H2. The average Bonchev–Trinajstić information content (AvgIpc) is 2.39. The lowest BCUT2D eigenvalue weighted by atomic mass is 9.97. The highest BCUT2D eigenvalue weighted by atomic mass is 16.4. The van der Waals surface area contributed by atoms with Crippen LogP contribution in [-0.4, -0.2) is 5.97 Å². The lowest BCUT2D eigenvalue weighted by Crippen LogP contribution is -2.00. The Bertz CT molecular complexity index is 518. The van der Waals surface area contributed by atoms with E-state index in [0.29, 0.717) is 6.42 Å². The normalized spacial score (nSPS) is 10.2. The third-order valence-electron chi connectivity index (χ3n) is 2.95. The van der Waals surface area contributed by atoms with E-state index < -0.39 is 5.97 Å². The first-order chi connectivity index (χ1) is 8.75. The molecule has 0 bridgehead atoms. The van der Waals surface area contributed by atoms with Crippen molar-refractivity contribution in [2.24, 2.45) is 0 Å². The van der Waals surface area contributed by atoms with Crippen LogP contribution in [0.15, 0.2) is 54.6 Å². The second-order valence-corrected chi connectivity index (χ2v) is 4.30. The maximum absolute atomic E-state index is 10.5. The first-order valence-electron chi connectivity index (χ1n) is 6.06. The van der Waals surface area contributed by atoms with Crippen LogP contribution in [0, 0.1) is 0 Å². The average molecular weight is 239 g/mol. The molecule has 1 radical (unpaired) electrons. The molecular weight excluding hydrogens is 224 g/mol. The predicted molar refractivity (Wildman–Crippen MR) is 69.7 cm³/mol. The van der Waals surface area contributed by atoms with Gasteiger partial charge >= 0.3 is 5.97 Å². The summed E-state index contributed by atoms with van der Waals surface area (Å²) in [5.74, 6) is -0.996. The first-order valence-corrected chi connectivity index (χ1v) is 6.06. The molecule has 0 unspecified atom stereocenters. The fraction of sp³-hybridized carbons (Fsp3) is 0.188. The second-order valence-electron chi connectivity index (χ2n) is 4.30. The third-order valence-corrected chi connectivity index (χ3v) is 2.95.